The third kappa shape index (κ3) is 4.34. The van der Waals surface area contributed by atoms with Gasteiger partial charge >= 0.3 is 0 Å². The normalized spacial score (nSPS) is 10.6. The number of hydrogen-bond donors (Lipinski definition) is 2. The molecule has 1 amide bonds. The van der Waals surface area contributed by atoms with Crippen LogP contribution in [0.3, 0.4) is 0 Å². The van der Waals surface area contributed by atoms with Crippen molar-refractivity contribution in [1.82, 2.24) is 19.6 Å². The molecule has 3 rings (SSSR count). The van der Waals surface area contributed by atoms with Crippen LogP contribution in [0, 0.1) is 6.92 Å². The molecule has 2 aromatic heterocycles. The third-order valence-corrected chi connectivity index (χ3v) is 5.96. The van der Waals surface area contributed by atoms with Gasteiger partial charge in [-0.05, 0) is 19.1 Å². The number of carbonyl (C=O) groups is 1. The maximum atomic E-state index is 12.8. The lowest BCUT2D eigenvalue weighted by molar-refractivity contribution is -0.113. The molecule has 8 nitrogen and oxygen atoms in total. The summed E-state index contributed by atoms with van der Waals surface area (Å²) in [6, 6.07) is 9.29. The Morgan fingerprint density at radius 1 is 1.32 bits per heavy atom. The number of amides is 1. The van der Waals surface area contributed by atoms with Gasteiger partial charge in [0.05, 0.1) is 17.1 Å². The molecule has 0 aliphatic carbocycles. The smallest absolute Gasteiger partial charge is 0.295 e. The van der Waals surface area contributed by atoms with Gasteiger partial charge in [0, 0.05) is 13.6 Å². The van der Waals surface area contributed by atoms with Crippen molar-refractivity contribution in [3.63, 3.8) is 0 Å². The van der Waals surface area contributed by atoms with Gasteiger partial charge in [0.2, 0.25) is 11.0 Å². The minimum absolute atomic E-state index is 0.134. The zero-order valence-electron chi connectivity index (χ0n) is 15.5. The van der Waals surface area contributed by atoms with E-state index in [0.29, 0.717) is 21.7 Å². The van der Waals surface area contributed by atoms with Gasteiger partial charge in [0.15, 0.2) is 4.34 Å². The number of carbonyl (C=O) groups excluding carboxylic acids is 1. The van der Waals surface area contributed by atoms with Crippen LogP contribution in [0.2, 0.25) is 0 Å². The highest BCUT2D eigenvalue weighted by Crippen LogP contribution is 2.25. The van der Waals surface area contributed by atoms with E-state index in [1.165, 1.54) is 27.8 Å². The summed E-state index contributed by atoms with van der Waals surface area (Å²) >= 11 is 2.64. The number of aromatic nitrogens is 4. The fraction of sp³-hybridized carbons (Fsp3) is 0.222. The Bertz CT molecular complexity index is 1040. The fourth-order valence-corrected chi connectivity index (χ4v) is 4.07. The molecule has 0 aliphatic heterocycles. The molecule has 10 heteroatoms. The van der Waals surface area contributed by atoms with E-state index in [0.717, 1.165) is 5.69 Å². The summed E-state index contributed by atoms with van der Waals surface area (Å²) in [6.45, 7) is 6.03. The number of anilines is 2. The standard InChI is InChI=1S/C18H20N6O2S2/c1-4-10-19-17-21-22-18(28-17)27-11-14(25)20-15-12(2)23(3)24(16(15)26)13-8-6-5-7-9-13/h4-9H,1,10-11H2,2-3H3,(H,19,21)(H,20,25). The van der Waals surface area contributed by atoms with E-state index in [9.17, 15) is 9.59 Å². The quantitative estimate of drug-likeness (QED) is 0.433. The first-order valence-corrected chi connectivity index (χ1v) is 10.3. The zero-order chi connectivity index (χ0) is 20.1. The van der Waals surface area contributed by atoms with Crippen molar-refractivity contribution >= 4 is 39.8 Å². The predicted molar refractivity (Wildman–Crippen MR) is 114 cm³/mol. The molecule has 0 aliphatic rings. The molecule has 1 aromatic carbocycles. The Morgan fingerprint density at radius 3 is 2.79 bits per heavy atom. The van der Waals surface area contributed by atoms with E-state index >= 15 is 0 Å². The lowest BCUT2D eigenvalue weighted by atomic mass is 10.3. The van der Waals surface area contributed by atoms with E-state index in [1.807, 2.05) is 30.3 Å². The largest absolute Gasteiger partial charge is 0.357 e. The van der Waals surface area contributed by atoms with Gasteiger partial charge in [-0.25, -0.2) is 4.68 Å². The van der Waals surface area contributed by atoms with E-state index in [4.69, 9.17) is 0 Å². The average Bonchev–Trinajstić information content (AvgIpc) is 3.24. The molecule has 146 valence electrons. The van der Waals surface area contributed by atoms with Crippen LogP contribution in [0.1, 0.15) is 5.69 Å². The minimum Gasteiger partial charge on any atom is -0.357 e. The topological polar surface area (TPSA) is 93.8 Å². The second kappa shape index (κ2) is 8.89. The monoisotopic (exact) mass is 416 g/mol. The first-order chi connectivity index (χ1) is 13.5. The molecule has 3 aromatic rings. The molecule has 0 spiro atoms. The number of hydrogen-bond acceptors (Lipinski definition) is 7. The Labute approximate surface area is 170 Å². The van der Waals surface area contributed by atoms with E-state index < -0.39 is 0 Å². The average molecular weight is 417 g/mol. The number of nitrogens with zero attached hydrogens (tertiary/aromatic N) is 4. The fourth-order valence-electron chi connectivity index (χ4n) is 2.51. The molecular weight excluding hydrogens is 396 g/mol. The highest BCUT2D eigenvalue weighted by Gasteiger charge is 2.18. The summed E-state index contributed by atoms with van der Waals surface area (Å²) < 4.78 is 3.93. The van der Waals surface area contributed by atoms with Crippen molar-refractivity contribution in [3.05, 3.63) is 59.0 Å². The van der Waals surface area contributed by atoms with Crippen molar-refractivity contribution in [2.75, 3.05) is 22.9 Å². The van der Waals surface area contributed by atoms with E-state index in [2.05, 4.69) is 27.4 Å². The summed E-state index contributed by atoms with van der Waals surface area (Å²) in [5.41, 5.74) is 1.43. The van der Waals surface area contributed by atoms with Crippen molar-refractivity contribution in [3.8, 4) is 5.69 Å². The maximum Gasteiger partial charge on any atom is 0.295 e. The summed E-state index contributed by atoms with van der Waals surface area (Å²) in [6.07, 6.45) is 1.73. The summed E-state index contributed by atoms with van der Waals surface area (Å²) in [5.74, 6) is -0.137. The SMILES string of the molecule is C=CCNc1nnc(SCC(=O)Nc2c(C)n(C)n(-c3ccccc3)c2=O)s1. The number of para-hydroxylation sites is 1. The maximum absolute atomic E-state index is 12.8. The second-order valence-corrected chi connectivity index (χ2v) is 8.02. The van der Waals surface area contributed by atoms with Crippen molar-refractivity contribution in [1.29, 1.82) is 0 Å². The van der Waals surface area contributed by atoms with Gasteiger partial charge in [-0.15, -0.1) is 16.8 Å². The Balaban J connectivity index is 1.68. The van der Waals surface area contributed by atoms with Crippen LogP contribution in [0.15, 0.2) is 52.1 Å². The number of benzene rings is 1. The van der Waals surface area contributed by atoms with Gasteiger partial charge < -0.3 is 10.6 Å². The number of thioether (sulfide) groups is 1. The van der Waals surface area contributed by atoms with Gasteiger partial charge in [-0.1, -0.05) is 47.4 Å². The van der Waals surface area contributed by atoms with Gasteiger partial charge in [0.25, 0.3) is 5.56 Å². The highest BCUT2D eigenvalue weighted by atomic mass is 32.2. The molecule has 0 atom stereocenters. The van der Waals surface area contributed by atoms with Crippen molar-refractivity contribution in [2.24, 2.45) is 7.05 Å². The molecule has 0 unspecified atom stereocenters. The Kier molecular flexibility index (Phi) is 6.32. The molecule has 0 fully saturated rings. The van der Waals surface area contributed by atoms with E-state index in [-0.39, 0.29) is 22.9 Å². The summed E-state index contributed by atoms with van der Waals surface area (Å²) in [4.78, 5) is 25.2. The number of nitrogens with one attached hydrogen (secondary N) is 2. The van der Waals surface area contributed by atoms with Crippen LogP contribution in [0.25, 0.3) is 5.69 Å². The molecule has 0 saturated carbocycles. The van der Waals surface area contributed by atoms with Crippen molar-refractivity contribution < 1.29 is 4.79 Å². The molecule has 28 heavy (non-hydrogen) atoms. The molecular formula is C18H20N6O2S2. The first kappa shape index (κ1) is 19.9. The molecule has 2 N–H and O–H groups in total. The lowest BCUT2D eigenvalue weighted by Crippen LogP contribution is -2.23. The van der Waals surface area contributed by atoms with Crippen LogP contribution >= 0.6 is 23.1 Å². The number of rotatable bonds is 8. The van der Waals surface area contributed by atoms with Crippen LogP contribution in [0.5, 0.6) is 0 Å². The van der Waals surface area contributed by atoms with Crippen LogP contribution in [-0.4, -0.2) is 37.8 Å². The Hall–Kier alpha value is -2.85. The van der Waals surface area contributed by atoms with Crippen LogP contribution in [0.4, 0.5) is 10.8 Å². The minimum atomic E-state index is -0.271. The summed E-state index contributed by atoms with van der Waals surface area (Å²) in [5, 5.41) is 14.5. The van der Waals surface area contributed by atoms with Crippen LogP contribution < -0.4 is 16.2 Å². The first-order valence-electron chi connectivity index (χ1n) is 8.46. The van der Waals surface area contributed by atoms with Crippen LogP contribution in [-0.2, 0) is 11.8 Å². The molecule has 2 heterocycles. The van der Waals surface area contributed by atoms with Gasteiger partial charge in [-0.2, -0.15) is 0 Å². The lowest BCUT2D eigenvalue weighted by Gasteiger charge is -2.07. The molecule has 0 bridgehead atoms. The predicted octanol–water partition coefficient (Wildman–Crippen LogP) is 2.66. The highest BCUT2D eigenvalue weighted by molar-refractivity contribution is 8.01. The third-order valence-electron chi connectivity index (χ3n) is 3.95. The van der Waals surface area contributed by atoms with Crippen molar-refractivity contribution in [2.45, 2.75) is 11.3 Å². The zero-order valence-corrected chi connectivity index (χ0v) is 17.1. The Morgan fingerprint density at radius 2 is 2.07 bits per heavy atom. The van der Waals surface area contributed by atoms with Gasteiger partial charge in [-0.3, -0.25) is 14.3 Å². The van der Waals surface area contributed by atoms with E-state index in [1.54, 1.807) is 24.7 Å². The molecule has 0 radical (unpaired) electrons. The second-order valence-electron chi connectivity index (χ2n) is 5.82. The summed E-state index contributed by atoms with van der Waals surface area (Å²) in [7, 11) is 1.78. The van der Waals surface area contributed by atoms with Gasteiger partial charge in [0.1, 0.15) is 5.69 Å². The molecule has 0 saturated heterocycles.